The van der Waals surface area contributed by atoms with Gasteiger partial charge in [0.15, 0.2) is 11.5 Å². The number of likely N-dealkylation sites (tertiary alicyclic amines) is 1. The molecule has 1 aliphatic rings. The number of hydrogen-bond acceptors (Lipinski definition) is 6. The Bertz CT molecular complexity index is 649. The molecule has 0 aliphatic carbocycles. The van der Waals surface area contributed by atoms with E-state index in [1.54, 1.807) is 31.3 Å². The molecule has 0 N–H and O–H groups in total. The van der Waals surface area contributed by atoms with Gasteiger partial charge in [-0.2, -0.15) is 0 Å². The molecule has 1 amide bonds. The molecule has 150 valence electrons. The lowest BCUT2D eigenvalue weighted by molar-refractivity contribution is -0.155. The molecule has 7 nitrogen and oxygen atoms in total. The van der Waals surface area contributed by atoms with Gasteiger partial charge in [0.05, 0.1) is 34.4 Å². The standard InChI is InChI=1S/C20H29NO6/c1-6-14(13-11-16(24-2)18(26-4)17(12-13)25-3)19(22)21-10-8-7-9-15(21)20(23)27-5/h11-12,14-15H,6-10H2,1-5H3/t14-,15?/m0/s1. The Balaban J connectivity index is 2.40. The first-order chi connectivity index (χ1) is 13.0. The summed E-state index contributed by atoms with van der Waals surface area (Å²) in [5.74, 6) is 0.632. The third-order valence-corrected chi connectivity index (χ3v) is 5.05. The molecule has 0 radical (unpaired) electrons. The van der Waals surface area contributed by atoms with Crippen LogP contribution in [-0.4, -0.2) is 57.8 Å². The molecule has 7 heteroatoms. The van der Waals surface area contributed by atoms with Crippen LogP contribution in [0.25, 0.3) is 0 Å². The molecule has 0 aromatic heterocycles. The second kappa shape index (κ2) is 9.48. The number of hydrogen-bond donors (Lipinski definition) is 0. The molecule has 1 fully saturated rings. The molecule has 27 heavy (non-hydrogen) atoms. The maximum atomic E-state index is 13.3. The predicted octanol–water partition coefficient (Wildman–Crippen LogP) is 2.76. The van der Waals surface area contributed by atoms with Gasteiger partial charge in [0.1, 0.15) is 6.04 Å². The van der Waals surface area contributed by atoms with Gasteiger partial charge < -0.3 is 23.8 Å². The van der Waals surface area contributed by atoms with Crippen LogP contribution in [0, 0.1) is 0 Å². The first-order valence-electron chi connectivity index (χ1n) is 9.20. The number of carbonyl (C=O) groups excluding carboxylic acids is 2. The monoisotopic (exact) mass is 379 g/mol. The van der Waals surface area contributed by atoms with Crippen molar-refractivity contribution in [1.29, 1.82) is 0 Å². The summed E-state index contributed by atoms with van der Waals surface area (Å²) in [7, 11) is 5.98. The lowest BCUT2D eigenvalue weighted by atomic mass is 9.91. The van der Waals surface area contributed by atoms with E-state index < -0.39 is 12.0 Å². The summed E-state index contributed by atoms with van der Waals surface area (Å²) in [6, 6.07) is 3.07. The van der Waals surface area contributed by atoms with Crippen molar-refractivity contribution in [2.75, 3.05) is 35.0 Å². The maximum absolute atomic E-state index is 13.3. The Morgan fingerprint density at radius 1 is 1.07 bits per heavy atom. The van der Waals surface area contributed by atoms with E-state index in [0.29, 0.717) is 36.6 Å². The highest BCUT2D eigenvalue weighted by Gasteiger charge is 2.36. The maximum Gasteiger partial charge on any atom is 0.328 e. The van der Waals surface area contributed by atoms with E-state index in [1.807, 2.05) is 6.92 Å². The van der Waals surface area contributed by atoms with Crippen molar-refractivity contribution in [3.8, 4) is 17.2 Å². The number of esters is 1. The van der Waals surface area contributed by atoms with E-state index in [1.165, 1.54) is 14.2 Å². The first kappa shape index (κ1) is 20.9. The Hall–Kier alpha value is -2.44. The normalized spacial score (nSPS) is 17.8. The smallest absolute Gasteiger partial charge is 0.328 e. The second-order valence-electron chi connectivity index (χ2n) is 6.49. The number of rotatable bonds is 7. The van der Waals surface area contributed by atoms with E-state index in [9.17, 15) is 9.59 Å². The van der Waals surface area contributed by atoms with Gasteiger partial charge in [-0.05, 0) is 43.4 Å². The average molecular weight is 379 g/mol. The van der Waals surface area contributed by atoms with Gasteiger partial charge in [0.25, 0.3) is 0 Å². The Kier molecular flexibility index (Phi) is 7.33. The first-order valence-corrected chi connectivity index (χ1v) is 9.20. The van der Waals surface area contributed by atoms with Crippen molar-refractivity contribution in [1.82, 2.24) is 4.90 Å². The fraction of sp³-hybridized carbons (Fsp3) is 0.600. The largest absolute Gasteiger partial charge is 0.493 e. The summed E-state index contributed by atoms with van der Waals surface area (Å²) in [6.45, 7) is 2.50. The number of carbonyl (C=O) groups is 2. The minimum atomic E-state index is -0.521. The van der Waals surface area contributed by atoms with E-state index in [0.717, 1.165) is 18.4 Å². The number of piperidine rings is 1. The lowest BCUT2D eigenvalue weighted by Crippen LogP contribution is -2.50. The Morgan fingerprint density at radius 2 is 1.70 bits per heavy atom. The highest BCUT2D eigenvalue weighted by Crippen LogP contribution is 2.41. The number of benzene rings is 1. The minimum absolute atomic E-state index is 0.0816. The van der Waals surface area contributed by atoms with Crippen molar-refractivity contribution in [3.63, 3.8) is 0 Å². The van der Waals surface area contributed by atoms with Crippen LogP contribution in [0.15, 0.2) is 12.1 Å². The number of nitrogens with zero attached hydrogens (tertiary/aromatic N) is 1. The second-order valence-corrected chi connectivity index (χ2v) is 6.49. The van der Waals surface area contributed by atoms with Crippen molar-refractivity contribution in [2.24, 2.45) is 0 Å². The van der Waals surface area contributed by atoms with Gasteiger partial charge in [0, 0.05) is 6.54 Å². The van der Waals surface area contributed by atoms with Gasteiger partial charge >= 0.3 is 5.97 Å². The zero-order chi connectivity index (χ0) is 20.0. The zero-order valence-corrected chi connectivity index (χ0v) is 16.7. The van der Waals surface area contributed by atoms with Gasteiger partial charge in [-0.25, -0.2) is 4.79 Å². The van der Waals surface area contributed by atoms with E-state index >= 15 is 0 Å². The van der Waals surface area contributed by atoms with Crippen LogP contribution in [0.4, 0.5) is 0 Å². The topological polar surface area (TPSA) is 74.3 Å². The zero-order valence-electron chi connectivity index (χ0n) is 16.7. The van der Waals surface area contributed by atoms with E-state index in [4.69, 9.17) is 18.9 Å². The summed E-state index contributed by atoms with van der Waals surface area (Å²) in [6.07, 6.45) is 3.00. The molecule has 1 aromatic rings. The molecular formula is C20H29NO6. The molecule has 1 aliphatic heterocycles. The fourth-order valence-electron chi connectivity index (χ4n) is 3.63. The fourth-order valence-corrected chi connectivity index (χ4v) is 3.63. The van der Waals surface area contributed by atoms with Crippen molar-refractivity contribution in [3.05, 3.63) is 17.7 Å². The molecule has 1 unspecified atom stereocenters. The van der Waals surface area contributed by atoms with Crippen molar-refractivity contribution < 1.29 is 28.5 Å². The molecule has 0 saturated carbocycles. The molecule has 2 atom stereocenters. The third-order valence-electron chi connectivity index (χ3n) is 5.05. The third kappa shape index (κ3) is 4.28. The van der Waals surface area contributed by atoms with Crippen LogP contribution in [0.2, 0.25) is 0 Å². The molecule has 0 spiro atoms. The van der Waals surface area contributed by atoms with E-state index in [-0.39, 0.29) is 11.9 Å². The van der Waals surface area contributed by atoms with Gasteiger partial charge in [-0.3, -0.25) is 4.79 Å². The summed E-state index contributed by atoms with van der Waals surface area (Å²) < 4.78 is 21.1. The van der Waals surface area contributed by atoms with Crippen molar-refractivity contribution >= 4 is 11.9 Å². The molecule has 1 saturated heterocycles. The Morgan fingerprint density at radius 3 is 2.19 bits per heavy atom. The number of ether oxygens (including phenoxy) is 4. The highest BCUT2D eigenvalue weighted by atomic mass is 16.5. The number of methoxy groups -OCH3 is 4. The summed E-state index contributed by atoms with van der Waals surface area (Å²) in [4.78, 5) is 27.1. The summed E-state index contributed by atoms with van der Waals surface area (Å²) in [5.41, 5.74) is 0.770. The molecule has 1 aromatic carbocycles. The van der Waals surface area contributed by atoms with Gasteiger partial charge in [-0.15, -0.1) is 0 Å². The lowest BCUT2D eigenvalue weighted by Gasteiger charge is -2.36. The predicted molar refractivity (Wildman–Crippen MR) is 100 cm³/mol. The van der Waals surface area contributed by atoms with Crippen LogP contribution in [0.5, 0.6) is 17.2 Å². The van der Waals surface area contributed by atoms with Crippen LogP contribution >= 0.6 is 0 Å². The minimum Gasteiger partial charge on any atom is -0.493 e. The van der Waals surface area contributed by atoms with Gasteiger partial charge in [0.2, 0.25) is 11.7 Å². The van der Waals surface area contributed by atoms with E-state index in [2.05, 4.69) is 0 Å². The molecule has 0 bridgehead atoms. The molecule has 2 rings (SSSR count). The summed E-state index contributed by atoms with van der Waals surface area (Å²) in [5, 5.41) is 0. The van der Waals surface area contributed by atoms with Crippen molar-refractivity contribution in [2.45, 2.75) is 44.6 Å². The van der Waals surface area contributed by atoms with Crippen LogP contribution in [-0.2, 0) is 14.3 Å². The molecule has 1 heterocycles. The average Bonchev–Trinajstić information content (AvgIpc) is 2.72. The quantitative estimate of drug-likeness (QED) is 0.678. The van der Waals surface area contributed by atoms with Crippen LogP contribution in [0.1, 0.15) is 44.1 Å². The SMILES string of the molecule is CC[C@H](C(=O)N1CCCCC1C(=O)OC)c1cc(OC)c(OC)c(OC)c1. The van der Waals surface area contributed by atoms with Crippen LogP contribution < -0.4 is 14.2 Å². The summed E-state index contributed by atoms with van der Waals surface area (Å²) >= 11 is 0. The Labute approximate surface area is 160 Å². The van der Waals surface area contributed by atoms with Crippen LogP contribution in [0.3, 0.4) is 0 Å². The highest BCUT2D eigenvalue weighted by molar-refractivity contribution is 5.89. The molecular weight excluding hydrogens is 350 g/mol. The van der Waals surface area contributed by atoms with Gasteiger partial charge in [-0.1, -0.05) is 6.92 Å². The number of amides is 1.